The third kappa shape index (κ3) is 6.85. The average Bonchev–Trinajstić information content (AvgIpc) is 2.53. The summed E-state index contributed by atoms with van der Waals surface area (Å²) in [6, 6.07) is 7.95. The highest BCUT2D eigenvalue weighted by Gasteiger charge is 2.30. The van der Waals surface area contributed by atoms with Gasteiger partial charge >= 0.3 is 10.3 Å². The van der Waals surface area contributed by atoms with E-state index >= 15 is 0 Å². The summed E-state index contributed by atoms with van der Waals surface area (Å²) in [7, 11) is -4.12. The highest BCUT2D eigenvalue weighted by molar-refractivity contribution is 7.84. The predicted octanol–water partition coefficient (Wildman–Crippen LogP) is 1.62. The molecule has 9 heteroatoms. The third-order valence-electron chi connectivity index (χ3n) is 4.32. The number of hydrogen-bond donors (Lipinski definition) is 1. The van der Waals surface area contributed by atoms with Gasteiger partial charge < -0.3 is 4.90 Å². The van der Waals surface area contributed by atoms with Crippen LogP contribution < -0.4 is 5.14 Å². The van der Waals surface area contributed by atoms with Gasteiger partial charge in [0.15, 0.2) is 0 Å². The molecule has 0 aromatic heterocycles. The molecule has 1 fully saturated rings. The van der Waals surface area contributed by atoms with Crippen molar-refractivity contribution >= 4 is 27.8 Å². The zero-order valence-electron chi connectivity index (χ0n) is 15.1. The van der Waals surface area contributed by atoms with E-state index in [1.54, 1.807) is 4.90 Å². The first kappa shape index (κ1) is 21.1. The second-order valence-corrected chi connectivity index (χ2v) is 8.64. The Labute approximate surface area is 160 Å². The van der Waals surface area contributed by atoms with Crippen LogP contribution in [0.5, 0.6) is 0 Å². The molecule has 1 heterocycles. The normalized spacial score (nSPS) is 19.1. The molecule has 1 aromatic rings. The van der Waals surface area contributed by atoms with Crippen LogP contribution in [0.1, 0.15) is 25.8 Å². The summed E-state index contributed by atoms with van der Waals surface area (Å²) < 4.78 is 26.2. The Balaban J connectivity index is 2.02. The van der Waals surface area contributed by atoms with Crippen molar-refractivity contribution in [1.82, 2.24) is 9.80 Å². The first-order chi connectivity index (χ1) is 12.1. The zero-order chi connectivity index (χ0) is 19.3. The van der Waals surface area contributed by atoms with Gasteiger partial charge in [0.25, 0.3) is 0 Å². The van der Waals surface area contributed by atoms with Gasteiger partial charge in [0.05, 0.1) is 0 Å². The number of nitrogens with zero attached hydrogens (tertiary/aromatic N) is 2. The Morgan fingerprint density at radius 2 is 2.12 bits per heavy atom. The molecule has 2 rings (SSSR count). The summed E-state index contributed by atoms with van der Waals surface area (Å²) in [6.07, 6.45) is 0.931. The lowest BCUT2D eigenvalue weighted by molar-refractivity contribution is -0.136. The highest BCUT2D eigenvalue weighted by atomic mass is 35.5. The van der Waals surface area contributed by atoms with Crippen molar-refractivity contribution in [2.75, 3.05) is 26.2 Å². The first-order valence-corrected chi connectivity index (χ1v) is 10.4. The van der Waals surface area contributed by atoms with Crippen molar-refractivity contribution in [2.24, 2.45) is 11.1 Å². The SMILES string of the molecule is CC(C)C[C@H]1CN(C(=O)COS(N)(=O)=O)CCN1Cc1cccc(Cl)c1. The molecule has 1 aliphatic rings. The van der Waals surface area contributed by atoms with Crippen LogP contribution in [-0.4, -0.2) is 56.4 Å². The van der Waals surface area contributed by atoms with Crippen molar-refractivity contribution in [1.29, 1.82) is 0 Å². The molecule has 7 nitrogen and oxygen atoms in total. The van der Waals surface area contributed by atoms with E-state index in [2.05, 4.69) is 22.9 Å². The summed E-state index contributed by atoms with van der Waals surface area (Å²) in [5.41, 5.74) is 1.13. The fourth-order valence-corrected chi connectivity index (χ4v) is 3.67. The van der Waals surface area contributed by atoms with Crippen LogP contribution in [0.4, 0.5) is 0 Å². The van der Waals surface area contributed by atoms with Crippen molar-refractivity contribution in [3.8, 4) is 0 Å². The third-order valence-corrected chi connectivity index (χ3v) is 5.00. The summed E-state index contributed by atoms with van der Waals surface area (Å²) in [5, 5.41) is 5.49. The van der Waals surface area contributed by atoms with Gasteiger partial charge in [-0.15, -0.1) is 0 Å². The summed E-state index contributed by atoms with van der Waals surface area (Å²) in [6.45, 7) is 6.23. The molecule has 1 atom stereocenters. The number of halogens is 1. The van der Waals surface area contributed by atoms with E-state index in [1.807, 2.05) is 24.3 Å². The van der Waals surface area contributed by atoms with Gasteiger partial charge in [-0.05, 0) is 30.0 Å². The van der Waals surface area contributed by atoms with Crippen LogP contribution in [0.2, 0.25) is 5.02 Å². The molecule has 26 heavy (non-hydrogen) atoms. The molecular weight excluding hydrogens is 378 g/mol. The molecule has 0 saturated carbocycles. The van der Waals surface area contributed by atoms with Gasteiger partial charge in [-0.2, -0.15) is 8.42 Å². The van der Waals surface area contributed by atoms with Crippen LogP contribution in [-0.2, 0) is 25.8 Å². The molecule has 0 aliphatic carbocycles. The van der Waals surface area contributed by atoms with Crippen molar-refractivity contribution < 1.29 is 17.4 Å². The van der Waals surface area contributed by atoms with Crippen molar-refractivity contribution in [3.05, 3.63) is 34.9 Å². The Morgan fingerprint density at radius 3 is 2.73 bits per heavy atom. The van der Waals surface area contributed by atoms with Crippen LogP contribution in [0.3, 0.4) is 0 Å². The molecule has 0 unspecified atom stereocenters. The molecule has 2 N–H and O–H groups in total. The van der Waals surface area contributed by atoms with E-state index in [1.165, 1.54) is 0 Å². The van der Waals surface area contributed by atoms with Crippen molar-refractivity contribution in [2.45, 2.75) is 32.9 Å². The van der Waals surface area contributed by atoms with Crippen LogP contribution in [0, 0.1) is 5.92 Å². The second-order valence-electron chi connectivity index (χ2n) is 6.98. The number of hydrogen-bond acceptors (Lipinski definition) is 5. The minimum atomic E-state index is -4.12. The number of rotatable bonds is 7. The van der Waals surface area contributed by atoms with Crippen LogP contribution in [0.25, 0.3) is 0 Å². The Morgan fingerprint density at radius 1 is 1.38 bits per heavy atom. The largest absolute Gasteiger partial charge is 0.338 e. The van der Waals surface area contributed by atoms with Gasteiger partial charge in [0, 0.05) is 37.2 Å². The lowest BCUT2D eigenvalue weighted by atomic mass is 9.99. The number of carbonyl (C=O) groups is 1. The molecule has 1 saturated heterocycles. The minimum absolute atomic E-state index is 0.182. The molecule has 1 amide bonds. The summed E-state index contributed by atoms with van der Waals surface area (Å²) in [4.78, 5) is 16.2. The lowest BCUT2D eigenvalue weighted by Gasteiger charge is -2.42. The van der Waals surface area contributed by atoms with E-state index in [9.17, 15) is 13.2 Å². The van der Waals surface area contributed by atoms with Crippen LogP contribution in [0.15, 0.2) is 24.3 Å². The van der Waals surface area contributed by atoms with Crippen molar-refractivity contribution in [3.63, 3.8) is 0 Å². The van der Waals surface area contributed by atoms with E-state index in [0.717, 1.165) is 18.5 Å². The standard InChI is InChI=1S/C17H26ClN3O4S/c1-13(2)8-16-11-21(17(22)12-25-26(19,23)24)7-6-20(16)10-14-4-3-5-15(18)9-14/h3-5,9,13,16H,6-8,10-12H2,1-2H3,(H2,19,23,24)/t16-/m0/s1. The average molecular weight is 404 g/mol. The number of piperazine rings is 1. The Bertz CT molecular complexity index is 726. The second kappa shape index (κ2) is 9.14. The molecule has 1 aromatic carbocycles. The van der Waals surface area contributed by atoms with Crippen LogP contribution >= 0.6 is 11.6 Å². The van der Waals surface area contributed by atoms with Gasteiger partial charge in [0.1, 0.15) is 6.61 Å². The van der Waals surface area contributed by atoms with E-state index in [-0.39, 0.29) is 11.9 Å². The quantitative estimate of drug-likeness (QED) is 0.746. The van der Waals surface area contributed by atoms with E-state index in [0.29, 0.717) is 30.6 Å². The molecule has 0 radical (unpaired) electrons. The maximum absolute atomic E-state index is 12.2. The lowest BCUT2D eigenvalue weighted by Crippen LogP contribution is -2.55. The smallest absolute Gasteiger partial charge is 0.333 e. The maximum Gasteiger partial charge on any atom is 0.333 e. The maximum atomic E-state index is 12.2. The monoisotopic (exact) mass is 403 g/mol. The fourth-order valence-electron chi connectivity index (χ4n) is 3.19. The molecule has 0 spiro atoms. The number of amides is 1. The number of carbonyl (C=O) groups excluding carboxylic acids is 1. The van der Waals surface area contributed by atoms with Gasteiger partial charge in [0.2, 0.25) is 5.91 Å². The highest BCUT2D eigenvalue weighted by Crippen LogP contribution is 2.21. The molecule has 1 aliphatic heterocycles. The fraction of sp³-hybridized carbons (Fsp3) is 0.588. The zero-order valence-corrected chi connectivity index (χ0v) is 16.7. The van der Waals surface area contributed by atoms with E-state index in [4.69, 9.17) is 16.7 Å². The van der Waals surface area contributed by atoms with E-state index < -0.39 is 16.9 Å². The minimum Gasteiger partial charge on any atom is -0.338 e. The van der Waals surface area contributed by atoms with Gasteiger partial charge in [-0.25, -0.2) is 9.32 Å². The molecule has 146 valence electrons. The predicted molar refractivity (Wildman–Crippen MR) is 101 cm³/mol. The summed E-state index contributed by atoms with van der Waals surface area (Å²) in [5.74, 6) is 0.104. The number of nitrogens with two attached hydrogens (primary N) is 1. The number of benzene rings is 1. The summed E-state index contributed by atoms with van der Waals surface area (Å²) >= 11 is 6.07. The molecule has 0 bridgehead atoms. The molecular formula is C17H26ClN3O4S. The van der Waals surface area contributed by atoms with Gasteiger partial charge in [-0.1, -0.05) is 37.6 Å². The van der Waals surface area contributed by atoms with Gasteiger partial charge in [-0.3, -0.25) is 9.69 Å². The Kier molecular flexibility index (Phi) is 7.42. The topological polar surface area (TPSA) is 92.9 Å². The Hall–Kier alpha value is -1.19. The first-order valence-electron chi connectivity index (χ1n) is 8.57.